The molecule has 0 saturated heterocycles. The Morgan fingerprint density at radius 2 is 2.00 bits per heavy atom. The monoisotopic (exact) mass is 314 g/mol. The fourth-order valence-corrected chi connectivity index (χ4v) is 2.19. The minimum Gasteiger partial charge on any atom is -0.497 e. The number of hydrogen-bond donors (Lipinski definition) is 3. The quantitative estimate of drug-likeness (QED) is 0.794. The van der Waals surface area contributed by atoms with E-state index in [2.05, 4.69) is 10.6 Å². The maximum Gasteiger partial charge on any atom is 0.319 e. The highest BCUT2D eigenvalue weighted by molar-refractivity contribution is 5.90. The Kier molecular flexibility index (Phi) is 5.60. The number of aryl methyl sites for hydroxylation is 2. The van der Waals surface area contributed by atoms with Gasteiger partial charge in [-0.3, -0.25) is 0 Å². The van der Waals surface area contributed by atoms with Gasteiger partial charge in [0, 0.05) is 12.2 Å². The number of methoxy groups -OCH3 is 1. The molecule has 5 nitrogen and oxygen atoms in total. The molecule has 0 heterocycles. The predicted octanol–water partition coefficient (Wildman–Crippen LogP) is 3.17. The van der Waals surface area contributed by atoms with E-state index in [-0.39, 0.29) is 12.6 Å². The maximum atomic E-state index is 12.0. The summed E-state index contributed by atoms with van der Waals surface area (Å²) in [7, 11) is 1.57. The van der Waals surface area contributed by atoms with Crippen molar-refractivity contribution in [1.29, 1.82) is 0 Å². The van der Waals surface area contributed by atoms with Gasteiger partial charge in [0.25, 0.3) is 0 Å². The number of nitrogens with one attached hydrogen (secondary N) is 2. The van der Waals surface area contributed by atoms with Gasteiger partial charge in [0.2, 0.25) is 0 Å². The third kappa shape index (κ3) is 4.72. The summed E-state index contributed by atoms with van der Waals surface area (Å²) < 4.78 is 5.12. The highest BCUT2D eigenvalue weighted by atomic mass is 16.5. The average molecular weight is 314 g/mol. The van der Waals surface area contributed by atoms with E-state index in [1.54, 1.807) is 31.4 Å². The second-order valence-electron chi connectivity index (χ2n) is 5.45. The van der Waals surface area contributed by atoms with E-state index in [4.69, 9.17) is 4.74 Å². The zero-order valence-corrected chi connectivity index (χ0v) is 13.6. The largest absolute Gasteiger partial charge is 0.497 e. The number of aliphatic hydroxyl groups excluding tert-OH is 1. The Hall–Kier alpha value is -2.53. The van der Waals surface area contributed by atoms with Crippen molar-refractivity contribution in [2.75, 3.05) is 19.0 Å². The SMILES string of the molecule is COc1cccc(C(O)CNC(=O)Nc2cc(C)ccc2C)c1. The number of amides is 2. The van der Waals surface area contributed by atoms with Crippen LogP contribution in [-0.4, -0.2) is 24.8 Å². The number of rotatable bonds is 5. The number of urea groups is 1. The number of carbonyl (C=O) groups is 1. The Bertz CT molecular complexity index is 686. The summed E-state index contributed by atoms with van der Waals surface area (Å²) in [5, 5.41) is 15.6. The van der Waals surface area contributed by atoms with E-state index < -0.39 is 6.10 Å². The zero-order chi connectivity index (χ0) is 16.8. The van der Waals surface area contributed by atoms with Crippen molar-refractivity contribution in [3.05, 3.63) is 59.2 Å². The first kappa shape index (κ1) is 16.8. The van der Waals surface area contributed by atoms with Gasteiger partial charge >= 0.3 is 6.03 Å². The number of carbonyl (C=O) groups excluding carboxylic acids is 1. The van der Waals surface area contributed by atoms with E-state index in [0.717, 1.165) is 16.8 Å². The Morgan fingerprint density at radius 3 is 2.74 bits per heavy atom. The molecule has 0 spiro atoms. The lowest BCUT2D eigenvalue weighted by Gasteiger charge is -2.14. The van der Waals surface area contributed by atoms with Crippen LogP contribution in [0.5, 0.6) is 5.75 Å². The molecule has 23 heavy (non-hydrogen) atoms. The minimum absolute atomic E-state index is 0.115. The molecule has 1 atom stereocenters. The van der Waals surface area contributed by atoms with Crippen LogP contribution in [0.1, 0.15) is 22.8 Å². The van der Waals surface area contributed by atoms with Crippen molar-refractivity contribution in [1.82, 2.24) is 5.32 Å². The number of hydrogen-bond acceptors (Lipinski definition) is 3. The van der Waals surface area contributed by atoms with Crippen LogP contribution in [-0.2, 0) is 0 Å². The van der Waals surface area contributed by atoms with Crippen LogP contribution in [0.3, 0.4) is 0 Å². The van der Waals surface area contributed by atoms with Crippen molar-refractivity contribution in [2.45, 2.75) is 20.0 Å². The summed E-state index contributed by atoms with van der Waals surface area (Å²) >= 11 is 0. The van der Waals surface area contributed by atoms with Crippen LogP contribution < -0.4 is 15.4 Å². The van der Waals surface area contributed by atoms with E-state index in [9.17, 15) is 9.90 Å². The lowest BCUT2D eigenvalue weighted by Crippen LogP contribution is -2.32. The van der Waals surface area contributed by atoms with Gasteiger partial charge < -0.3 is 20.5 Å². The highest BCUT2D eigenvalue weighted by Crippen LogP contribution is 2.19. The van der Waals surface area contributed by atoms with E-state index in [1.807, 2.05) is 32.0 Å². The molecule has 122 valence electrons. The number of benzene rings is 2. The summed E-state index contributed by atoms with van der Waals surface area (Å²) in [6.45, 7) is 4.01. The standard InChI is InChI=1S/C18H22N2O3/c1-12-7-8-13(2)16(9-12)20-18(22)19-11-17(21)14-5-4-6-15(10-14)23-3/h4-10,17,21H,11H2,1-3H3,(H2,19,20,22). The van der Waals surface area contributed by atoms with Crippen LogP contribution in [0, 0.1) is 13.8 Å². The molecule has 0 fully saturated rings. The van der Waals surface area contributed by atoms with Crippen molar-refractivity contribution >= 4 is 11.7 Å². The van der Waals surface area contributed by atoms with Gasteiger partial charge in [-0.05, 0) is 48.7 Å². The van der Waals surface area contributed by atoms with Crippen LogP contribution in [0.2, 0.25) is 0 Å². The number of ether oxygens (including phenoxy) is 1. The van der Waals surface area contributed by atoms with Gasteiger partial charge in [-0.2, -0.15) is 0 Å². The zero-order valence-electron chi connectivity index (χ0n) is 13.6. The molecule has 0 aliphatic heterocycles. The van der Waals surface area contributed by atoms with E-state index in [0.29, 0.717) is 11.3 Å². The Labute approximate surface area is 136 Å². The fraction of sp³-hybridized carbons (Fsp3) is 0.278. The number of aliphatic hydroxyl groups is 1. The van der Waals surface area contributed by atoms with Crippen LogP contribution >= 0.6 is 0 Å². The van der Waals surface area contributed by atoms with E-state index >= 15 is 0 Å². The molecule has 1 unspecified atom stereocenters. The molecule has 2 aromatic carbocycles. The minimum atomic E-state index is -0.797. The molecule has 0 aromatic heterocycles. The van der Waals surface area contributed by atoms with Crippen LogP contribution in [0.25, 0.3) is 0 Å². The Morgan fingerprint density at radius 1 is 1.22 bits per heavy atom. The smallest absolute Gasteiger partial charge is 0.319 e. The first-order valence-electron chi connectivity index (χ1n) is 7.43. The number of anilines is 1. The third-order valence-electron chi connectivity index (χ3n) is 3.58. The van der Waals surface area contributed by atoms with Gasteiger partial charge in [-0.1, -0.05) is 24.3 Å². The van der Waals surface area contributed by atoms with Crippen molar-refractivity contribution in [2.24, 2.45) is 0 Å². The predicted molar refractivity (Wildman–Crippen MR) is 90.9 cm³/mol. The molecule has 0 aliphatic carbocycles. The molecule has 0 radical (unpaired) electrons. The van der Waals surface area contributed by atoms with Crippen molar-refractivity contribution in [3.63, 3.8) is 0 Å². The molecular weight excluding hydrogens is 292 g/mol. The summed E-state index contributed by atoms with van der Waals surface area (Å²) in [5.41, 5.74) is 3.51. The van der Waals surface area contributed by atoms with Gasteiger partial charge in [-0.15, -0.1) is 0 Å². The summed E-state index contributed by atoms with van der Waals surface area (Å²) in [5.74, 6) is 0.668. The second kappa shape index (κ2) is 7.65. The second-order valence-corrected chi connectivity index (χ2v) is 5.45. The molecule has 0 saturated carbocycles. The highest BCUT2D eigenvalue weighted by Gasteiger charge is 2.11. The molecule has 2 aromatic rings. The lowest BCUT2D eigenvalue weighted by molar-refractivity contribution is 0.175. The van der Waals surface area contributed by atoms with Gasteiger partial charge in [0.15, 0.2) is 0 Å². The maximum absolute atomic E-state index is 12.0. The average Bonchev–Trinajstić information content (AvgIpc) is 2.56. The Balaban J connectivity index is 1.92. The van der Waals surface area contributed by atoms with Crippen LogP contribution in [0.4, 0.5) is 10.5 Å². The third-order valence-corrected chi connectivity index (χ3v) is 3.58. The fourth-order valence-electron chi connectivity index (χ4n) is 2.19. The molecule has 0 aliphatic rings. The van der Waals surface area contributed by atoms with Crippen LogP contribution in [0.15, 0.2) is 42.5 Å². The molecule has 2 rings (SSSR count). The van der Waals surface area contributed by atoms with Crippen molar-refractivity contribution in [3.8, 4) is 5.75 Å². The van der Waals surface area contributed by atoms with E-state index in [1.165, 1.54) is 0 Å². The van der Waals surface area contributed by atoms with Gasteiger partial charge in [-0.25, -0.2) is 4.79 Å². The summed E-state index contributed by atoms with van der Waals surface area (Å²) in [6.07, 6.45) is -0.797. The van der Waals surface area contributed by atoms with Gasteiger partial charge in [0.05, 0.1) is 13.2 Å². The first-order valence-corrected chi connectivity index (χ1v) is 7.43. The van der Waals surface area contributed by atoms with Crippen molar-refractivity contribution < 1.29 is 14.6 Å². The molecule has 5 heteroatoms. The molecule has 0 bridgehead atoms. The van der Waals surface area contributed by atoms with Gasteiger partial charge in [0.1, 0.15) is 5.75 Å². The first-order chi connectivity index (χ1) is 11.0. The normalized spacial score (nSPS) is 11.7. The molecular formula is C18H22N2O3. The molecule has 3 N–H and O–H groups in total. The topological polar surface area (TPSA) is 70.6 Å². The summed E-state index contributed by atoms with van der Waals surface area (Å²) in [4.78, 5) is 12.0. The summed E-state index contributed by atoms with van der Waals surface area (Å²) in [6, 6.07) is 12.6. The molecule has 2 amide bonds. The lowest BCUT2D eigenvalue weighted by atomic mass is 10.1.